The van der Waals surface area contributed by atoms with Crippen molar-refractivity contribution in [1.82, 2.24) is 20.1 Å². The largest absolute Gasteiger partial charge is 0.459 e. The van der Waals surface area contributed by atoms with E-state index in [1.807, 2.05) is 15.5 Å². The smallest absolute Gasteiger partial charge is 0.288 e. The summed E-state index contributed by atoms with van der Waals surface area (Å²) >= 11 is 23.8. The van der Waals surface area contributed by atoms with Crippen molar-refractivity contribution in [2.24, 2.45) is 5.92 Å². The molecular formula is C19H19Cl3N4O3S. The summed E-state index contributed by atoms with van der Waals surface area (Å²) in [4.78, 5) is 26.5. The highest BCUT2D eigenvalue weighted by atomic mass is 35.6. The first-order valence-electron chi connectivity index (χ1n) is 9.38. The number of thiocarbonyl (C=S) groups is 1. The molecule has 7 nitrogen and oxygen atoms in total. The third-order valence-electron chi connectivity index (χ3n) is 5.38. The molecule has 0 unspecified atom stereocenters. The average molecular weight is 490 g/mol. The molecule has 160 valence electrons. The Morgan fingerprint density at radius 2 is 1.97 bits per heavy atom. The number of hydrogen-bond acceptors (Lipinski definition) is 4. The van der Waals surface area contributed by atoms with Crippen LogP contribution in [0.5, 0.6) is 0 Å². The number of carbonyl (C=O) groups is 1. The number of likely N-dealkylation sites (tertiary alicyclic amines) is 1. The van der Waals surface area contributed by atoms with Crippen LogP contribution in [0.4, 0.5) is 0 Å². The van der Waals surface area contributed by atoms with Gasteiger partial charge in [0.05, 0.1) is 6.26 Å². The van der Waals surface area contributed by atoms with Crippen LogP contribution in [0.1, 0.15) is 28.6 Å². The van der Waals surface area contributed by atoms with E-state index >= 15 is 0 Å². The minimum atomic E-state index is -1.85. The summed E-state index contributed by atoms with van der Waals surface area (Å²) in [6.07, 6.45) is 1.31. The minimum Gasteiger partial charge on any atom is -0.459 e. The average Bonchev–Trinajstić information content (AvgIpc) is 3.22. The van der Waals surface area contributed by atoms with Crippen LogP contribution in [0.3, 0.4) is 0 Å². The fraction of sp³-hybridized carbons (Fsp3) is 0.421. The van der Waals surface area contributed by atoms with Crippen LogP contribution in [0.2, 0.25) is 0 Å². The van der Waals surface area contributed by atoms with Crippen LogP contribution in [-0.4, -0.2) is 43.5 Å². The van der Waals surface area contributed by atoms with Gasteiger partial charge < -0.3 is 24.5 Å². The Morgan fingerprint density at radius 1 is 1.17 bits per heavy atom. The standard InChI is InChI=1S/C19H19Cl3N4O3S/c20-19(21,22)17(23-16(28)14-4-2-6-29-14)24-18(30)25-8-11-7-12(10-25)13-3-1-5-15(27)26(13)9-11/h1-6,11-12,17H,7-10H2,(H,23,28)(H,24,30)/t11-,12+,17-/m0/s1. The normalized spacial score (nSPS) is 21.5. The predicted molar refractivity (Wildman–Crippen MR) is 119 cm³/mol. The van der Waals surface area contributed by atoms with Crippen LogP contribution < -0.4 is 16.2 Å². The van der Waals surface area contributed by atoms with Gasteiger partial charge in [0.2, 0.25) is 3.79 Å². The van der Waals surface area contributed by atoms with E-state index in [1.165, 1.54) is 12.3 Å². The van der Waals surface area contributed by atoms with Crippen molar-refractivity contribution < 1.29 is 9.21 Å². The lowest BCUT2D eigenvalue weighted by atomic mass is 9.83. The first-order valence-corrected chi connectivity index (χ1v) is 10.9. The molecule has 0 aliphatic carbocycles. The molecule has 2 aromatic heterocycles. The highest BCUT2D eigenvalue weighted by Crippen LogP contribution is 2.35. The molecule has 0 saturated carbocycles. The molecule has 2 N–H and O–H groups in total. The summed E-state index contributed by atoms with van der Waals surface area (Å²) in [7, 11) is 0. The van der Waals surface area contributed by atoms with Gasteiger partial charge in [0.25, 0.3) is 11.5 Å². The van der Waals surface area contributed by atoms with Gasteiger partial charge in [-0.25, -0.2) is 0 Å². The van der Waals surface area contributed by atoms with E-state index in [0.29, 0.717) is 24.7 Å². The second-order valence-electron chi connectivity index (χ2n) is 7.48. The van der Waals surface area contributed by atoms with Crippen LogP contribution in [-0.2, 0) is 6.54 Å². The molecule has 1 fully saturated rings. The summed E-state index contributed by atoms with van der Waals surface area (Å²) in [5.41, 5.74) is 1.03. The van der Waals surface area contributed by atoms with Gasteiger partial charge in [-0.15, -0.1) is 0 Å². The minimum absolute atomic E-state index is 0.0215. The molecule has 0 spiro atoms. The van der Waals surface area contributed by atoms with Crippen molar-refractivity contribution in [1.29, 1.82) is 0 Å². The highest BCUT2D eigenvalue weighted by molar-refractivity contribution is 7.80. The zero-order chi connectivity index (χ0) is 21.5. The number of rotatable bonds is 3. The number of nitrogens with zero attached hydrogens (tertiary/aromatic N) is 2. The number of piperidine rings is 1. The molecule has 0 radical (unpaired) electrons. The molecule has 0 aromatic carbocycles. The van der Waals surface area contributed by atoms with E-state index in [2.05, 4.69) is 10.6 Å². The van der Waals surface area contributed by atoms with Crippen molar-refractivity contribution in [3.8, 4) is 0 Å². The Bertz CT molecular complexity index is 1010. The van der Waals surface area contributed by atoms with E-state index in [9.17, 15) is 9.59 Å². The molecule has 3 atom stereocenters. The topological polar surface area (TPSA) is 79.5 Å². The van der Waals surface area contributed by atoms with Gasteiger partial charge in [0, 0.05) is 37.3 Å². The lowest BCUT2D eigenvalue weighted by molar-refractivity contribution is 0.0904. The number of nitrogens with one attached hydrogen (secondary N) is 2. The molecular weight excluding hydrogens is 471 g/mol. The van der Waals surface area contributed by atoms with Crippen molar-refractivity contribution in [3.63, 3.8) is 0 Å². The second kappa shape index (κ2) is 8.42. The lowest BCUT2D eigenvalue weighted by Gasteiger charge is -2.44. The Kier molecular flexibility index (Phi) is 6.03. The number of carbonyl (C=O) groups excluding carboxylic acids is 1. The van der Waals surface area contributed by atoms with Crippen LogP contribution in [0.25, 0.3) is 0 Å². The Balaban J connectivity index is 1.47. The van der Waals surface area contributed by atoms with Crippen molar-refractivity contribution >= 4 is 58.0 Å². The van der Waals surface area contributed by atoms with Crippen LogP contribution in [0, 0.1) is 5.92 Å². The van der Waals surface area contributed by atoms with Crippen molar-refractivity contribution in [2.45, 2.75) is 28.8 Å². The maximum absolute atomic E-state index is 12.3. The SMILES string of the molecule is O=C(N[C@@H](NC(=S)N1C[C@@H]2C[C@H](C1)c1cccc(=O)n1C2)C(Cl)(Cl)Cl)c1ccco1. The molecule has 1 saturated heterocycles. The molecule has 11 heteroatoms. The molecule has 4 heterocycles. The number of furan rings is 1. The Morgan fingerprint density at radius 3 is 2.67 bits per heavy atom. The molecule has 30 heavy (non-hydrogen) atoms. The summed E-state index contributed by atoms with van der Waals surface area (Å²) in [6, 6.07) is 8.45. The summed E-state index contributed by atoms with van der Waals surface area (Å²) in [5, 5.41) is 5.94. The van der Waals surface area contributed by atoms with Gasteiger partial charge in [-0.3, -0.25) is 9.59 Å². The molecule has 2 aromatic rings. The van der Waals surface area contributed by atoms with Crippen molar-refractivity contribution in [3.05, 3.63) is 58.4 Å². The molecule has 2 aliphatic heterocycles. The van der Waals surface area contributed by atoms with E-state index in [-0.39, 0.29) is 23.2 Å². The van der Waals surface area contributed by atoms with Gasteiger partial charge >= 0.3 is 0 Å². The van der Waals surface area contributed by atoms with E-state index in [1.54, 1.807) is 18.2 Å². The maximum atomic E-state index is 12.3. The van der Waals surface area contributed by atoms with Crippen molar-refractivity contribution in [2.75, 3.05) is 13.1 Å². The Hall–Kier alpha value is -1.74. The predicted octanol–water partition coefficient (Wildman–Crippen LogP) is 2.86. The third kappa shape index (κ3) is 4.46. The molecule has 2 bridgehead atoms. The summed E-state index contributed by atoms with van der Waals surface area (Å²) in [6.45, 7) is 1.94. The lowest BCUT2D eigenvalue weighted by Crippen LogP contribution is -2.60. The number of halogens is 3. The van der Waals surface area contributed by atoms with Gasteiger partial charge in [-0.1, -0.05) is 40.9 Å². The zero-order valence-electron chi connectivity index (χ0n) is 15.7. The van der Waals surface area contributed by atoms with Gasteiger partial charge in [0.15, 0.2) is 10.9 Å². The number of alkyl halides is 3. The van der Waals surface area contributed by atoms with E-state index in [0.717, 1.165) is 12.1 Å². The first kappa shape index (κ1) is 21.5. The monoisotopic (exact) mass is 488 g/mol. The molecule has 1 amide bonds. The highest BCUT2D eigenvalue weighted by Gasteiger charge is 2.39. The van der Waals surface area contributed by atoms with Gasteiger partial charge in [-0.05, 0) is 42.8 Å². The third-order valence-corrected chi connectivity index (χ3v) is 6.41. The number of fused-ring (bicyclic) bond motifs is 4. The molecule has 4 rings (SSSR count). The van der Waals surface area contributed by atoms with Crippen LogP contribution >= 0.6 is 47.0 Å². The Labute approximate surface area is 193 Å². The number of hydrogen-bond donors (Lipinski definition) is 2. The number of amides is 1. The molecule has 2 aliphatic rings. The van der Waals surface area contributed by atoms with Crippen LogP contribution in [0.15, 0.2) is 45.8 Å². The quantitative estimate of drug-likeness (QED) is 0.392. The van der Waals surface area contributed by atoms with Gasteiger partial charge in [0.1, 0.15) is 6.17 Å². The number of pyridine rings is 1. The fourth-order valence-electron chi connectivity index (χ4n) is 4.09. The van der Waals surface area contributed by atoms with E-state index < -0.39 is 15.9 Å². The maximum Gasteiger partial charge on any atom is 0.288 e. The summed E-state index contributed by atoms with van der Waals surface area (Å²) in [5.74, 6) is 0.0158. The van der Waals surface area contributed by atoms with Gasteiger partial charge in [-0.2, -0.15) is 0 Å². The summed E-state index contributed by atoms with van der Waals surface area (Å²) < 4.78 is 5.08. The van der Waals surface area contributed by atoms with E-state index in [4.69, 9.17) is 51.4 Å². The number of aromatic nitrogens is 1. The second-order valence-corrected chi connectivity index (χ2v) is 10.2. The fourth-order valence-corrected chi connectivity index (χ4v) is 4.68. The zero-order valence-corrected chi connectivity index (χ0v) is 18.8. The first-order chi connectivity index (χ1) is 14.2.